The van der Waals surface area contributed by atoms with E-state index >= 15 is 0 Å². The Balaban J connectivity index is 1.21. The Kier molecular flexibility index (Phi) is 7.67. The van der Waals surface area contributed by atoms with Gasteiger partial charge in [-0.3, -0.25) is 0 Å². The van der Waals surface area contributed by atoms with Crippen molar-refractivity contribution in [3.8, 4) is 11.3 Å². The molecule has 9 heteroatoms. The molecule has 7 nitrogen and oxygen atoms in total. The fourth-order valence-electron chi connectivity index (χ4n) is 3.86. The average molecular weight is 576 g/mol. The highest BCUT2D eigenvalue weighted by Crippen LogP contribution is 2.30. The molecule has 3 N–H and O–H groups in total. The molecular formula is C28H24BrClN6O. The van der Waals surface area contributed by atoms with E-state index in [9.17, 15) is 4.79 Å². The second-order valence-corrected chi connectivity index (χ2v) is 9.69. The van der Waals surface area contributed by atoms with E-state index in [1.54, 1.807) is 10.7 Å². The molecule has 0 atom stereocenters. The lowest BCUT2D eigenvalue weighted by Crippen LogP contribution is -2.34. The summed E-state index contributed by atoms with van der Waals surface area (Å²) in [6, 6.07) is 27.3. The van der Waals surface area contributed by atoms with Crippen molar-refractivity contribution in [3.05, 3.63) is 117 Å². The van der Waals surface area contributed by atoms with E-state index in [-0.39, 0.29) is 6.03 Å². The fraction of sp³-hybridized carbons (Fsp3) is 0.107. The van der Waals surface area contributed by atoms with Crippen molar-refractivity contribution in [2.75, 3.05) is 5.32 Å². The molecule has 0 radical (unpaired) electrons. The topological polar surface area (TPSA) is 83.4 Å². The molecule has 3 aromatic carbocycles. The maximum atomic E-state index is 12.1. The molecule has 0 saturated carbocycles. The van der Waals surface area contributed by atoms with E-state index in [2.05, 4.69) is 37.0 Å². The Morgan fingerprint density at radius 1 is 0.838 bits per heavy atom. The first kappa shape index (κ1) is 24.8. The van der Waals surface area contributed by atoms with Crippen LogP contribution in [-0.2, 0) is 19.6 Å². The zero-order valence-electron chi connectivity index (χ0n) is 19.8. The van der Waals surface area contributed by atoms with Crippen LogP contribution in [0.2, 0.25) is 5.02 Å². The molecule has 0 fully saturated rings. The molecule has 186 valence electrons. The number of halogens is 2. The lowest BCUT2D eigenvalue weighted by atomic mass is 10.1. The normalized spacial score (nSPS) is 10.9. The molecule has 0 saturated heterocycles. The van der Waals surface area contributed by atoms with E-state index in [0.29, 0.717) is 30.3 Å². The first-order valence-corrected chi connectivity index (χ1v) is 12.9. The fourth-order valence-corrected chi connectivity index (χ4v) is 4.44. The Morgan fingerprint density at radius 3 is 2.16 bits per heavy atom. The van der Waals surface area contributed by atoms with Crippen molar-refractivity contribution in [3.63, 3.8) is 0 Å². The number of fused-ring (bicyclic) bond motifs is 1. The summed E-state index contributed by atoms with van der Waals surface area (Å²) in [6.07, 6.45) is 1.72. The van der Waals surface area contributed by atoms with E-state index in [4.69, 9.17) is 16.6 Å². The molecule has 2 aromatic heterocycles. The summed E-state index contributed by atoms with van der Waals surface area (Å²) in [6.45, 7) is 1.52. The molecule has 0 aliphatic rings. The van der Waals surface area contributed by atoms with Crippen LogP contribution in [-0.4, -0.2) is 20.6 Å². The number of amides is 2. The SMILES string of the molecule is O=C(NCc1ccccc1)NCc1ccc(CNc2cc(-c3ccccc3Cl)nc3c(Br)cnn23)cc1. The van der Waals surface area contributed by atoms with Gasteiger partial charge in [-0.25, -0.2) is 9.78 Å². The predicted molar refractivity (Wildman–Crippen MR) is 150 cm³/mol. The van der Waals surface area contributed by atoms with Gasteiger partial charge >= 0.3 is 6.03 Å². The number of carbonyl (C=O) groups excluding carboxylic acids is 1. The summed E-state index contributed by atoms with van der Waals surface area (Å²) in [7, 11) is 0. The maximum absolute atomic E-state index is 12.1. The minimum atomic E-state index is -0.198. The van der Waals surface area contributed by atoms with E-state index in [1.165, 1.54) is 0 Å². The van der Waals surface area contributed by atoms with Gasteiger partial charge in [-0.05, 0) is 38.7 Å². The van der Waals surface area contributed by atoms with Crippen LogP contribution in [0.3, 0.4) is 0 Å². The third kappa shape index (κ3) is 6.10. The maximum Gasteiger partial charge on any atom is 0.315 e. The Bertz CT molecular complexity index is 1520. The number of urea groups is 1. The number of anilines is 1. The smallest absolute Gasteiger partial charge is 0.315 e. The summed E-state index contributed by atoms with van der Waals surface area (Å²) in [4.78, 5) is 16.9. The van der Waals surface area contributed by atoms with Gasteiger partial charge in [0.25, 0.3) is 0 Å². The molecule has 5 aromatic rings. The van der Waals surface area contributed by atoms with Gasteiger partial charge in [0.2, 0.25) is 0 Å². The van der Waals surface area contributed by atoms with Crippen LogP contribution in [0.5, 0.6) is 0 Å². The van der Waals surface area contributed by atoms with Gasteiger partial charge in [0, 0.05) is 36.3 Å². The minimum Gasteiger partial charge on any atom is -0.366 e. The van der Waals surface area contributed by atoms with Crippen LogP contribution in [0.25, 0.3) is 16.9 Å². The van der Waals surface area contributed by atoms with Gasteiger partial charge in [0.15, 0.2) is 5.65 Å². The number of rotatable bonds is 8. The number of nitrogens with zero attached hydrogens (tertiary/aromatic N) is 3. The quantitative estimate of drug-likeness (QED) is 0.199. The van der Waals surface area contributed by atoms with Crippen molar-refractivity contribution in [1.29, 1.82) is 0 Å². The number of nitrogens with one attached hydrogen (secondary N) is 3. The van der Waals surface area contributed by atoms with Gasteiger partial charge in [-0.15, -0.1) is 0 Å². The Labute approximate surface area is 228 Å². The predicted octanol–water partition coefficient (Wildman–Crippen LogP) is 6.42. The highest BCUT2D eigenvalue weighted by atomic mass is 79.9. The van der Waals surface area contributed by atoms with Gasteiger partial charge < -0.3 is 16.0 Å². The van der Waals surface area contributed by atoms with Crippen LogP contribution >= 0.6 is 27.5 Å². The zero-order valence-corrected chi connectivity index (χ0v) is 22.1. The van der Waals surface area contributed by atoms with Crippen molar-refractivity contribution in [1.82, 2.24) is 25.2 Å². The molecule has 0 spiro atoms. The zero-order chi connectivity index (χ0) is 25.6. The van der Waals surface area contributed by atoms with Crippen LogP contribution in [0.15, 0.2) is 95.6 Å². The number of benzene rings is 3. The molecule has 0 aliphatic carbocycles. The lowest BCUT2D eigenvalue weighted by Gasteiger charge is -2.12. The largest absolute Gasteiger partial charge is 0.366 e. The number of hydrogen-bond acceptors (Lipinski definition) is 4. The number of carbonyl (C=O) groups is 1. The highest BCUT2D eigenvalue weighted by Gasteiger charge is 2.13. The molecule has 37 heavy (non-hydrogen) atoms. The lowest BCUT2D eigenvalue weighted by molar-refractivity contribution is 0.240. The number of aromatic nitrogens is 3. The summed E-state index contributed by atoms with van der Waals surface area (Å²) in [5.74, 6) is 0.798. The second kappa shape index (κ2) is 11.5. The van der Waals surface area contributed by atoms with Crippen LogP contribution in [0.1, 0.15) is 16.7 Å². The second-order valence-electron chi connectivity index (χ2n) is 8.43. The summed E-state index contributed by atoms with van der Waals surface area (Å²) < 4.78 is 2.56. The van der Waals surface area contributed by atoms with E-state index in [1.807, 2.05) is 84.9 Å². The van der Waals surface area contributed by atoms with Crippen LogP contribution < -0.4 is 16.0 Å². The van der Waals surface area contributed by atoms with Crippen LogP contribution in [0.4, 0.5) is 10.6 Å². The minimum absolute atomic E-state index is 0.198. The molecule has 5 rings (SSSR count). The third-order valence-electron chi connectivity index (χ3n) is 5.82. The Hall–Kier alpha value is -3.88. The van der Waals surface area contributed by atoms with Crippen molar-refractivity contribution >= 4 is 45.0 Å². The molecule has 0 bridgehead atoms. The highest BCUT2D eigenvalue weighted by molar-refractivity contribution is 9.10. The van der Waals surface area contributed by atoms with Crippen molar-refractivity contribution in [2.45, 2.75) is 19.6 Å². The molecule has 0 unspecified atom stereocenters. The van der Waals surface area contributed by atoms with E-state index < -0.39 is 0 Å². The van der Waals surface area contributed by atoms with E-state index in [0.717, 1.165) is 38.2 Å². The number of hydrogen-bond donors (Lipinski definition) is 3. The molecule has 2 amide bonds. The summed E-state index contributed by atoms with van der Waals surface area (Å²) in [5, 5.41) is 14.3. The standard InChI is InChI=1S/C28H24BrClN6O/c29-23-18-34-36-26(14-25(35-27(23)36)22-8-4-5-9-24(22)30)31-15-20-10-12-21(13-11-20)17-33-28(37)32-16-19-6-2-1-3-7-19/h1-14,18,31H,15-17H2,(H2,32,33,37). The van der Waals surface area contributed by atoms with Gasteiger partial charge in [-0.2, -0.15) is 9.61 Å². The summed E-state index contributed by atoms with van der Waals surface area (Å²) in [5.41, 5.74) is 5.48. The summed E-state index contributed by atoms with van der Waals surface area (Å²) >= 11 is 9.97. The van der Waals surface area contributed by atoms with Crippen molar-refractivity contribution < 1.29 is 4.79 Å². The molecule has 2 heterocycles. The Morgan fingerprint density at radius 2 is 1.46 bits per heavy atom. The molecular weight excluding hydrogens is 552 g/mol. The van der Waals surface area contributed by atoms with Crippen molar-refractivity contribution in [2.24, 2.45) is 0 Å². The van der Waals surface area contributed by atoms with Crippen LogP contribution in [0, 0.1) is 0 Å². The van der Waals surface area contributed by atoms with Gasteiger partial charge in [0.1, 0.15) is 5.82 Å². The van der Waals surface area contributed by atoms with Gasteiger partial charge in [0.05, 0.1) is 16.4 Å². The first-order valence-electron chi connectivity index (χ1n) is 11.7. The molecule has 0 aliphatic heterocycles. The third-order valence-corrected chi connectivity index (χ3v) is 6.71. The average Bonchev–Trinajstić information content (AvgIpc) is 3.31. The van der Waals surface area contributed by atoms with Gasteiger partial charge in [-0.1, -0.05) is 84.4 Å². The first-order chi connectivity index (χ1) is 18.1. The monoisotopic (exact) mass is 574 g/mol.